The minimum absolute atomic E-state index is 0.0217. The van der Waals surface area contributed by atoms with E-state index in [1.165, 1.54) is 0 Å². The summed E-state index contributed by atoms with van der Waals surface area (Å²) in [6, 6.07) is 15.2. The standard InChI is InChI=1S/C16H18N2O/c1-11-10-14(8-9-15(11)17)16(19)18-12(2)13-6-4-3-5-7-13/h3-10,12H,17H2,1-2H3,(H,18,19)/t12-/m0/s1. The lowest BCUT2D eigenvalue weighted by Crippen LogP contribution is -2.26. The summed E-state index contributed by atoms with van der Waals surface area (Å²) in [5, 5.41) is 2.98. The van der Waals surface area contributed by atoms with Gasteiger partial charge in [-0.25, -0.2) is 0 Å². The van der Waals surface area contributed by atoms with Gasteiger partial charge in [-0.3, -0.25) is 4.79 Å². The molecule has 0 aromatic heterocycles. The third kappa shape index (κ3) is 3.13. The van der Waals surface area contributed by atoms with Gasteiger partial charge < -0.3 is 11.1 Å². The number of carbonyl (C=O) groups excluding carboxylic acids is 1. The fraction of sp³-hybridized carbons (Fsp3) is 0.188. The van der Waals surface area contributed by atoms with E-state index in [9.17, 15) is 4.79 Å². The minimum Gasteiger partial charge on any atom is -0.399 e. The molecule has 0 heterocycles. The summed E-state index contributed by atoms with van der Waals surface area (Å²) in [4.78, 5) is 12.1. The molecule has 3 N–H and O–H groups in total. The van der Waals surface area contributed by atoms with Crippen LogP contribution < -0.4 is 11.1 Å². The van der Waals surface area contributed by atoms with Gasteiger partial charge in [0.25, 0.3) is 5.91 Å². The molecule has 3 heteroatoms. The van der Waals surface area contributed by atoms with Gasteiger partial charge in [0.15, 0.2) is 0 Å². The van der Waals surface area contributed by atoms with Crippen molar-refractivity contribution in [2.75, 3.05) is 5.73 Å². The second-order valence-corrected chi connectivity index (χ2v) is 4.68. The smallest absolute Gasteiger partial charge is 0.251 e. The van der Waals surface area contributed by atoms with Gasteiger partial charge in [-0.2, -0.15) is 0 Å². The van der Waals surface area contributed by atoms with Crippen molar-refractivity contribution in [1.82, 2.24) is 5.32 Å². The molecule has 0 aliphatic heterocycles. The van der Waals surface area contributed by atoms with Gasteiger partial charge in [0.2, 0.25) is 0 Å². The summed E-state index contributed by atoms with van der Waals surface area (Å²) in [5.74, 6) is -0.0838. The van der Waals surface area contributed by atoms with Gasteiger partial charge in [-0.1, -0.05) is 30.3 Å². The van der Waals surface area contributed by atoms with E-state index in [2.05, 4.69) is 5.32 Å². The third-order valence-corrected chi connectivity index (χ3v) is 3.18. The van der Waals surface area contributed by atoms with Crippen molar-refractivity contribution in [2.45, 2.75) is 19.9 Å². The predicted molar refractivity (Wildman–Crippen MR) is 77.9 cm³/mol. The number of rotatable bonds is 3. The molecule has 2 aromatic carbocycles. The molecule has 1 atom stereocenters. The van der Waals surface area contributed by atoms with Crippen molar-refractivity contribution < 1.29 is 4.79 Å². The molecule has 98 valence electrons. The van der Waals surface area contributed by atoms with Gasteiger partial charge >= 0.3 is 0 Å². The van der Waals surface area contributed by atoms with Gasteiger partial charge in [0.05, 0.1) is 6.04 Å². The molecule has 0 aliphatic rings. The van der Waals surface area contributed by atoms with Crippen LogP contribution in [0.5, 0.6) is 0 Å². The first kappa shape index (κ1) is 13.1. The average Bonchev–Trinajstić information content (AvgIpc) is 2.42. The molecule has 0 saturated carbocycles. The lowest BCUT2D eigenvalue weighted by molar-refractivity contribution is 0.0940. The summed E-state index contributed by atoms with van der Waals surface area (Å²) in [7, 11) is 0. The van der Waals surface area contributed by atoms with E-state index in [1.807, 2.05) is 50.2 Å². The number of nitrogen functional groups attached to an aromatic ring is 1. The SMILES string of the molecule is Cc1cc(C(=O)N[C@@H](C)c2ccccc2)ccc1N. The summed E-state index contributed by atoms with van der Waals surface area (Å²) >= 11 is 0. The van der Waals surface area contributed by atoms with Crippen molar-refractivity contribution in [1.29, 1.82) is 0 Å². The first-order chi connectivity index (χ1) is 9.08. The van der Waals surface area contributed by atoms with Crippen LogP contribution in [0.1, 0.15) is 34.5 Å². The van der Waals surface area contributed by atoms with Crippen molar-refractivity contribution in [3.05, 3.63) is 65.2 Å². The number of hydrogen-bond acceptors (Lipinski definition) is 2. The number of nitrogens with one attached hydrogen (secondary N) is 1. The Hall–Kier alpha value is -2.29. The third-order valence-electron chi connectivity index (χ3n) is 3.18. The van der Waals surface area contributed by atoms with Crippen molar-refractivity contribution >= 4 is 11.6 Å². The topological polar surface area (TPSA) is 55.1 Å². The summed E-state index contributed by atoms with van der Waals surface area (Å²) in [6.07, 6.45) is 0. The van der Waals surface area contributed by atoms with Crippen LogP contribution in [0.25, 0.3) is 0 Å². The van der Waals surface area contributed by atoms with E-state index in [0.717, 1.165) is 11.1 Å². The number of carbonyl (C=O) groups is 1. The molecule has 0 fully saturated rings. The maximum Gasteiger partial charge on any atom is 0.251 e. The van der Waals surface area contributed by atoms with Crippen LogP contribution in [-0.2, 0) is 0 Å². The molecule has 0 bridgehead atoms. The van der Waals surface area contributed by atoms with Crippen LogP contribution in [0.4, 0.5) is 5.69 Å². The number of benzene rings is 2. The van der Waals surface area contributed by atoms with Crippen molar-refractivity contribution in [3.8, 4) is 0 Å². The molecule has 0 spiro atoms. The van der Waals surface area contributed by atoms with E-state index in [4.69, 9.17) is 5.73 Å². The second kappa shape index (κ2) is 5.57. The van der Waals surface area contributed by atoms with Crippen molar-refractivity contribution in [2.24, 2.45) is 0 Å². The number of anilines is 1. The van der Waals surface area contributed by atoms with E-state index >= 15 is 0 Å². The van der Waals surface area contributed by atoms with Crippen LogP contribution in [0, 0.1) is 6.92 Å². The fourth-order valence-corrected chi connectivity index (χ4v) is 1.92. The number of aryl methyl sites for hydroxylation is 1. The van der Waals surface area contributed by atoms with Crippen LogP contribution >= 0.6 is 0 Å². The fourth-order valence-electron chi connectivity index (χ4n) is 1.92. The van der Waals surface area contributed by atoms with Gasteiger partial charge in [-0.05, 0) is 43.2 Å². The Morgan fingerprint density at radius 3 is 2.47 bits per heavy atom. The van der Waals surface area contributed by atoms with E-state index in [0.29, 0.717) is 11.3 Å². The largest absolute Gasteiger partial charge is 0.399 e. The number of hydrogen-bond donors (Lipinski definition) is 2. The highest BCUT2D eigenvalue weighted by molar-refractivity contribution is 5.95. The highest BCUT2D eigenvalue weighted by atomic mass is 16.1. The quantitative estimate of drug-likeness (QED) is 0.827. The molecule has 2 rings (SSSR count). The minimum atomic E-state index is -0.0838. The first-order valence-corrected chi connectivity index (χ1v) is 6.30. The maximum atomic E-state index is 12.1. The Kier molecular flexibility index (Phi) is 3.85. The molecular formula is C16H18N2O. The molecule has 3 nitrogen and oxygen atoms in total. The van der Waals surface area contributed by atoms with Crippen molar-refractivity contribution in [3.63, 3.8) is 0 Å². The van der Waals surface area contributed by atoms with E-state index < -0.39 is 0 Å². The Morgan fingerprint density at radius 2 is 1.84 bits per heavy atom. The highest BCUT2D eigenvalue weighted by Gasteiger charge is 2.11. The zero-order valence-corrected chi connectivity index (χ0v) is 11.2. The summed E-state index contributed by atoms with van der Waals surface area (Å²) in [6.45, 7) is 3.87. The first-order valence-electron chi connectivity index (χ1n) is 6.30. The molecule has 19 heavy (non-hydrogen) atoms. The molecule has 0 saturated heterocycles. The zero-order chi connectivity index (χ0) is 13.8. The average molecular weight is 254 g/mol. The maximum absolute atomic E-state index is 12.1. The normalized spacial score (nSPS) is 11.9. The van der Waals surface area contributed by atoms with E-state index in [-0.39, 0.29) is 11.9 Å². The predicted octanol–water partition coefficient (Wildman–Crippen LogP) is 3.07. The lowest BCUT2D eigenvalue weighted by Gasteiger charge is -2.14. The van der Waals surface area contributed by atoms with Crippen LogP contribution in [0.3, 0.4) is 0 Å². The summed E-state index contributed by atoms with van der Waals surface area (Å²) in [5.41, 5.74) is 9.09. The van der Waals surface area contributed by atoms with Gasteiger partial charge in [0, 0.05) is 11.3 Å². The molecule has 2 aromatic rings. The van der Waals surface area contributed by atoms with Crippen LogP contribution in [-0.4, -0.2) is 5.91 Å². The molecule has 0 unspecified atom stereocenters. The van der Waals surface area contributed by atoms with Gasteiger partial charge in [-0.15, -0.1) is 0 Å². The monoisotopic (exact) mass is 254 g/mol. The highest BCUT2D eigenvalue weighted by Crippen LogP contribution is 2.15. The zero-order valence-electron chi connectivity index (χ0n) is 11.2. The Bertz CT molecular complexity index is 579. The summed E-state index contributed by atoms with van der Waals surface area (Å²) < 4.78 is 0. The van der Waals surface area contributed by atoms with Crippen LogP contribution in [0.2, 0.25) is 0 Å². The number of nitrogens with two attached hydrogens (primary N) is 1. The Labute approximate surface area is 113 Å². The van der Waals surface area contributed by atoms with E-state index in [1.54, 1.807) is 12.1 Å². The Morgan fingerprint density at radius 1 is 1.16 bits per heavy atom. The second-order valence-electron chi connectivity index (χ2n) is 4.68. The number of amides is 1. The molecule has 1 amide bonds. The molecule has 0 radical (unpaired) electrons. The van der Waals surface area contributed by atoms with Gasteiger partial charge in [0.1, 0.15) is 0 Å². The Balaban J connectivity index is 2.11. The molecule has 0 aliphatic carbocycles. The van der Waals surface area contributed by atoms with Crippen LogP contribution in [0.15, 0.2) is 48.5 Å². The lowest BCUT2D eigenvalue weighted by atomic mass is 10.1. The molecular weight excluding hydrogens is 236 g/mol.